The van der Waals surface area contributed by atoms with Crippen molar-refractivity contribution in [3.05, 3.63) is 0 Å². The van der Waals surface area contributed by atoms with E-state index in [2.05, 4.69) is 6.92 Å². The van der Waals surface area contributed by atoms with Crippen molar-refractivity contribution in [2.75, 3.05) is 46.2 Å². The van der Waals surface area contributed by atoms with Gasteiger partial charge in [-0.15, -0.1) is 0 Å². The molecule has 1 aliphatic rings. The van der Waals surface area contributed by atoms with Gasteiger partial charge in [-0.05, 0) is 38.5 Å². The van der Waals surface area contributed by atoms with E-state index in [0.29, 0.717) is 6.10 Å². The first-order valence-electron chi connectivity index (χ1n) is 10.3. The lowest BCUT2D eigenvalue weighted by Gasteiger charge is -2.21. The van der Waals surface area contributed by atoms with Crippen LogP contribution in [0.5, 0.6) is 0 Å². The minimum Gasteiger partial charge on any atom is -0.381 e. The molecule has 0 aliphatic heterocycles. The van der Waals surface area contributed by atoms with Crippen LogP contribution in [0.3, 0.4) is 0 Å². The van der Waals surface area contributed by atoms with E-state index in [9.17, 15) is 0 Å². The second-order valence-electron chi connectivity index (χ2n) is 6.74. The van der Waals surface area contributed by atoms with Crippen molar-refractivity contribution in [2.45, 2.75) is 83.7 Å². The first-order valence-corrected chi connectivity index (χ1v) is 10.3. The number of hydrogen-bond acceptors (Lipinski definition) is 4. The Balaban J connectivity index is 1.66. The van der Waals surface area contributed by atoms with E-state index in [1.54, 1.807) is 0 Å². The van der Waals surface area contributed by atoms with E-state index >= 15 is 0 Å². The van der Waals surface area contributed by atoms with Gasteiger partial charge in [-0.3, -0.25) is 0 Å². The van der Waals surface area contributed by atoms with Crippen LogP contribution in [0.25, 0.3) is 0 Å². The second kappa shape index (κ2) is 17.7. The maximum atomic E-state index is 5.89. The fraction of sp³-hybridized carbons (Fsp3) is 1.00. The molecule has 1 saturated carbocycles. The molecule has 144 valence electrons. The van der Waals surface area contributed by atoms with E-state index in [1.807, 2.05) is 0 Å². The molecule has 0 amide bonds. The highest BCUT2D eigenvalue weighted by molar-refractivity contribution is 4.64. The third-order valence-corrected chi connectivity index (χ3v) is 4.39. The monoisotopic (exact) mass is 344 g/mol. The van der Waals surface area contributed by atoms with E-state index in [-0.39, 0.29) is 0 Å². The van der Waals surface area contributed by atoms with Crippen molar-refractivity contribution in [3.63, 3.8) is 0 Å². The second-order valence-corrected chi connectivity index (χ2v) is 6.74. The Labute approximate surface area is 149 Å². The van der Waals surface area contributed by atoms with Crippen LogP contribution in [0.2, 0.25) is 0 Å². The topological polar surface area (TPSA) is 36.9 Å². The van der Waals surface area contributed by atoms with Crippen LogP contribution in [0, 0.1) is 0 Å². The molecular formula is C20H40O4. The first kappa shape index (κ1) is 21.9. The van der Waals surface area contributed by atoms with Gasteiger partial charge >= 0.3 is 0 Å². The summed E-state index contributed by atoms with van der Waals surface area (Å²) in [4.78, 5) is 0. The molecule has 4 heteroatoms. The Hall–Kier alpha value is -0.160. The molecule has 0 aromatic carbocycles. The number of hydrogen-bond donors (Lipinski definition) is 0. The van der Waals surface area contributed by atoms with Gasteiger partial charge in [0, 0.05) is 33.0 Å². The Morgan fingerprint density at radius 1 is 0.583 bits per heavy atom. The van der Waals surface area contributed by atoms with Crippen molar-refractivity contribution in [2.24, 2.45) is 0 Å². The van der Waals surface area contributed by atoms with Gasteiger partial charge < -0.3 is 18.9 Å². The highest BCUT2D eigenvalue weighted by Crippen LogP contribution is 2.20. The molecule has 0 spiro atoms. The van der Waals surface area contributed by atoms with Gasteiger partial charge in [-0.25, -0.2) is 0 Å². The smallest absolute Gasteiger partial charge is 0.0700 e. The summed E-state index contributed by atoms with van der Waals surface area (Å²) in [6.45, 7) is 7.87. The molecule has 0 radical (unpaired) electrons. The molecule has 0 aromatic heterocycles. The standard InChI is InChI=1S/C20H40O4/c1-2-13-21-18-19-23-15-9-4-3-8-14-22-16-10-17-24-20-11-6-5-7-12-20/h20H,2-19H2,1H3. The molecule has 1 fully saturated rings. The van der Waals surface area contributed by atoms with Crippen LogP contribution in [0.1, 0.15) is 77.6 Å². The van der Waals surface area contributed by atoms with Crippen LogP contribution >= 0.6 is 0 Å². The molecule has 4 nitrogen and oxygen atoms in total. The molecule has 0 unspecified atom stereocenters. The number of ether oxygens (including phenoxy) is 4. The van der Waals surface area contributed by atoms with Gasteiger partial charge in [-0.2, -0.15) is 0 Å². The molecule has 0 saturated heterocycles. The zero-order valence-electron chi connectivity index (χ0n) is 15.9. The van der Waals surface area contributed by atoms with E-state index in [4.69, 9.17) is 18.9 Å². The van der Waals surface area contributed by atoms with Crippen molar-refractivity contribution < 1.29 is 18.9 Å². The van der Waals surface area contributed by atoms with Gasteiger partial charge in [0.1, 0.15) is 0 Å². The van der Waals surface area contributed by atoms with Crippen molar-refractivity contribution >= 4 is 0 Å². The van der Waals surface area contributed by atoms with Crippen molar-refractivity contribution in [1.29, 1.82) is 0 Å². The molecule has 0 bridgehead atoms. The fourth-order valence-corrected chi connectivity index (χ4v) is 2.97. The quantitative estimate of drug-likeness (QED) is 0.357. The summed E-state index contributed by atoms with van der Waals surface area (Å²) in [5, 5.41) is 0. The van der Waals surface area contributed by atoms with Gasteiger partial charge in [0.2, 0.25) is 0 Å². The Bertz CT molecular complexity index is 242. The summed E-state index contributed by atoms with van der Waals surface area (Å²) >= 11 is 0. The van der Waals surface area contributed by atoms with Gasteiger partial charge in [0.05, 0.1) is 19.3 Å². The van der Waals surface area contributed by atoms with Gasteiger partial charge in [0.15, 0.2) is 0 Å². The summed E-state index contributed by atoms with van der Waals surface area (Å²) in [5.74, 6) is 0. The number of rotatable bonds is 17. The number of unbranched alkanes of at least 4 members (excludes halogenated alkanes) is 3. The maximum Gasteiger partial charge on any atom is 0.0700 e. The summed E-state index contributed by atoms with van der Waals surface area (Å²) in [7, 11) is 0. The fourth-order valence-electron chi connectivity index (χ4n) is 2.97. The zero-order chi connectivity index (χ0) is 17.1. The predicted octanol–water partition coefficient (Wildman–Crippen LogP) is 4.75. The third-order valence-electron chi connectivity index (χ3n) is 4.39. The highest BCUT2D eigenvalue weighted by atomic mass is 16.5. The highest BCUT2D eigenvalue weighted by Gasteiger charge is 2.12. The Morgan fingerprint density at radius 2 is 1.17 bits per heavy atom. The molecule has 1 aliphatic carbocycles. The van der Waals surface area contributed by atoms with Crippen LogP contribution in [-0.2, 0) is 18.9 Å². The van der Waals surface area contributed by atoms with Crippen LogP contribution < -0.4 is 0 Å². The van der Waals surface area contributed by atoms with Gasteiger partial charge in [-0.1, -0.05) is 39.0 Å². The SMILES string of the molecule is CCCOCCOCCCCCCOCCCOC1CCCCC1. The maximum absolute atomic E-state index is 5.89. The predicted molar refractivity (Wildman–Crippen MR) is 98.7 cm³/mol. The molecule has 0 heterocycles. The average Bonchev–Trinajstić information content (AvgIpc) is 2.62. The lowest BCUT2D eigenvalue weighted by atomic mass is 9.98. The van der Waals surface area contributed by atoms with E-state index in [1.165, 1.54) is 44.9 Å². The van der Waals surface area contributed by atoms with Crippen LogP contribution in [0.4, 0.5) is 0 Å². The minimum absolute atomic E-state index is 0.527. The lowest BCUT2D eigenvalue weighted by molar-refractivity contribution is 0.0136. The molecule has 1 rings (SSSR count). The summed E-state index contributed by atoms with van der Waals surface area (Å²) in [5.41, 5.74) is 0. The lowest BCUT2D eigenvalue weighted by Crippen LogP contribution is -2.17. The third kappa shape index (κ3) is 14.2. The molecule has 0 aromatic rings. The zero-order valence-corrected chi connectivity index (χ0v) is 15.9. The first-order chi connectivity index (χ1) is 11.9. The Morgan fingerprint density at radius 3 is 1.83 bits per heavy atom. The van der Waals surface area contributed by atoms with Crippen LogP contribution in [0.15, 0.2) is 0 Å². The minimum atomic E-state index is 0.527. The molecule has 0 atom stereocenters. The normalized spacial score (nSPS) is 15.9. The summed E-state index contributed by atoms with van der Waals surface area (Å²) < 4.78 is 22.5. The van der Waals surface area contributed by atoms with Crippen molar-refractivity contribution in [1.82, 2.24) is 0 Å². The van der Waals surface area contributed by atoms with E-state index in [0.717, 1.165) is 71.9 Å². The van der Waals surface area contributed by atoms with Gasteiger partial charge in [0.25, 0.3) is 0 Å². The van der Waals surface area contributed by atoms with E-state index < -0.39 is 0 Å². The Kier molecular flexibility index (Phi) is 16.1. The molecule has 0 N–H and O–H groups in total. The average molecular weight is 345 g/mol. The van der Waals surface area contributed by atoms with Crippen LogP contribution in [-0.4, -0.2) is 52.4 Å². The summed E-state index contributed by atoms with van der Waals surface area (Å²) in [6, 6.07) is 0. The molecule has 24 heavy (non-hydrogen) atoms. The largest absolute Gasteiger partial charge is 0.381 e. The molecular weight excluding hydrogens is 304 g/mol. The van der Waals surface area contributed by atoms with Crippen molar-refractivity contribution in [3.8, 4) is 0 Å². The summed E-state index contributed by atoms with van der Waals surface area (Å²) in [6.07, 6.45) is 14.0.